The van der Waals surface area contributed by atoms with Gasteiger partial charge in [-0.3, -0.25) is 0 Å². The molecule has 20 heavy (non-hydrogen) atoms. The quantitative estimate of drug-likeness (QED) is 0.861. The molecule has 0 bridgehead atoms. The minimum Gasteiger partial charge on any atom is -0.497 e. The zero-order valence-corrected chi connectivity index (χ0v) is 11.5. The van der Waals surface area contributed by atoms with Crippen molar-refractivity contribution in [2.45, 2.75) is 24.1 Å². The van der Waals surface area contributed by atoms with Crippen molar-refractivity contribution in [1.29, 1.82) is 0 Å². The van der Waals surface area contributed by atoms with E-state index in [2.05, 4.69) is 4.74 Å². The van der Waals surface area contributed by atoms with Gasteiger partial charge in [0.2, 0.25) is 10.0 Å². The Bertz CT molecular complexity index is 570. The van der Waals surface area contributed by atoms with Crippen molar-refractivity contribution in [1.82, 2.24) is 4.72 Å². The molecule has 0 spiro atoms. The maximum Gasteiger partial charge on any atom is 0.416 e. The molecule has 1 atom stereocenters. The number of halogens is 3. The molecule has 0 heterocycles. The van der Waals surface area contributed by atoms with E-state index in [1.807, 2.05) is 4.72 Å². The predicted octanol–water partition coefficient (Wildman–Crippen LogP) is 1.37. The molecule has 1 aromatic rings. The van der Waals surface area contributed by atoms with Crippen molar-refractivity contribution in [3.63, 3.8) is 0 Å². The number of hydrogen-bond donors (Lipinski definition) is 2. The lowest BCUT2D eigenvalue weighted by molar-refractivity contribution is -0.137. The van der Waals surface area contributed by atoms with Gasteiger partial charge in [0.1, 0.15) is 5.75 Å². The summed E-state index contributed by atoms with van der Waals surface area (Å²) in [6, 6.07) is 2.18. The third-order valence-corrected chi connectivity index (χ3v) is 3.73. The molecular formula is C11H14F3NO4S. The van der Waals surface area contributed by atoms with Crippen molar-refractivity contribution >= 4 is 10.0 Å². The first-order valence-corrected chi connectivity index (χ1v) is 6.98. The first-order chi connectivity index (χ1) is 9.06. The minimum absolute atomic E-state index is 0.225. The van der Waals surface area contributed by atoms with Crippen LogP contribution in [-0.2, 0) is 16.2 Å². The van der Waals surface area contributed by atoms with E-state index in [-0.39, 0.29) is 12.3 Å². The summed E-state index contributed by atoms with van der Waals surface area (Å²) in [4.78, 5) is -0.579. The normalized spacial score (nSPS) is 14.1. The van der Waals surface area contributed by atoms with Crippen LogP contribution in [0.15, 0.2) is 23.1 Å². The fraction of sp³-hybridized carbons (Fsp3) is 0.455. The van der Waals surface area contributed by atoms with E-state index in [9.17, 15) is 21.6 Å². The Labute approximate surface area is 114 Å². The molecule has 0 unspecified atom stereocenters. The number of sulfonamides is 1. The van der Waals surface area contributed by atoms with Crippen LogP contribution in [-0.4, -0.2) is 33.3 Å². The largest absolute Gasteiger partial charge is 0.497 e. The highest BCUT2D eigenvalue weighted by Gasteiger charge is 2.32. The second kappa shape index (κ2) is 5.98. The van der Waals surface area contributed by atoms with Crippen molar-refractivity contribution in [3.8, 4) is 5.75 Å². The molecule has 0 radical (unpaired) electrons. The van der Waals surface area contributed by atoms with Crippen LogP contribution in [0.1, 0.15) is 12.5 Å². The standard InChI is InChI=1S/C11H14F3NO4S/c1-7(16)6-15-20(17,18)10-4-8(11(12,13)14)3-9(5-10)19-2/h3-5,7,15-16H,6H2,1-2H3/t7-/m1/s1. The van der Waals surface area contributed by atoms with Crippen LogP contribution in [0.3, 0.4) is 0 Å². The Morgan fingerprint density at radius 2 is 1.95 bits per heavy atom. The monoisotopic (exact) mass is 313 g/mol. The molecule has 0 aliphatic heterocycles. The van der Waals surface area contributed by atoms with Crippen LogP contribution >= 0.6 is 0 Å². The Morgan fingerprint density at radius 1 is 1.35 bits per heavy atom. The lowest BCUT2D eigenvalue weighted by Gasteiger charge is -2.13. The van der Waals surface area contributed by atoms with Gasteiger partial charge in [-0.05, 0) is 19.1 Å². The lowest BCUT2D eigenvalue weighted by atomic mass is 10.2. The van der Waals surface area contributed by atoms with Gasteiger partial charge in [0.05, 0.1) is 23.7 Å². The van der Waals surface area contributed by atoms with Crippen LogP contribution in [0.25, 0.3) is 0 Å². The Balaban J connectivity index is 3.24. The van der Waals surface area contributed by atoms with Gasteiger partial charge in [-0.1, -0.05) is 0 Å². The Hall–Kier alpha value is -1.32. The highest BCUT2D eigenvalue weighted by atomic mass is 32.2. The number of alkyl halides is 3. The van der Waals surface area contributed by atoms with E-state index in [0.29, 0.717) is 12.1 Å². The molecule has 0 amide bonds. The number of nitrogens with one attached hydrogen (secondary N) is 1. The van der Waals surface area contributed by atoms with E-state index < -0.39 is 32.8 Å². The SMILES string of the molecule is COc1cc(C(F)(F)F)cc(S(=O)(=O)NC[C@@H](C)O)c1. The molecule has 0 fully saturated rings. The number of ether oxygens (including phenoxy) is 1. The van der Waals surface area contributed by atoms with E-state index >= 15 is 0 Å². The first-order valence-electron chi connectivity index (χ1n) is 5.50. The molecule has 0 aromatic heterocycles. The van der Waals surface area contributed by atoms with Crippen molar-refractivity contribution in [2.24, 2.45) is 0 Å². The summed E-state index contributed by atoms with van der Waals surface area (Å²) in [5, 5.41) is 9.02. The second-order valence-electron chi connectivity index (χ2n) is 4.10. The van der Waals surface area contributed by atoms with Crippen LogP contribution in [0.2, 0.25) is 0 Å². The Kier molecular flexibility index (Phi) is 5.00. The topological polar surface area (TPSA) is 75.6 Å². The predicted molar refractivity (Wildman–Crippen MR) is 64.9 cm³/mol. The molecule has 9 heteroatoms. The minimum atomic E-state index is -4.69. The maximum atomic E-state index is 12.7. The molecule has 114 valence electrons. The van der Waals surface area contributed by atoms with E-state index in [1.165, 1.54) is 6.92 Å². The zero-order valence-electron chi connectivity index (χ0n) is 10.7. The average Bonchev–Trinajstić information content (AvgIpc) is 2.35. The maximum absolute atomic E-state index is 12.7. The van der Waals surface area contributed by atoms with Gasteiger partial charge in [-0.2, -0.15) is 13.2 Å². The van der Waals surface area contributed by atoms with Crippen LogP contribution in [0.4, 0.5) is 13.2 Å². The van der Waals surface area contributed by atoms with Crippen LogP contribution in [0.5, 0.6) is 5.75 Å². The highest BCUT2D eigenvalue weighted by molar-refractivity contribution is 7.89. The number of aliphatic hydroxyl groups excluding tert-OH is 1. The molecule has 1 aromatic carbocycles. The number of aliphatic hydroxyl groups is 1. The van der Waals surface area contributed by atoms with Gasteiger partial charge in [0, 0.05) is 12.6 Å². The fourth-order valence-corrected chi connectivity index (χ4v) is 2.50. The fourth-order valence-electron chi connectivity index (χ4n) is 1.32. The molecular weight excluding hydrogens is 299 g/mol. The van der Waals surface area contributed by atoms with Crippen molar-refractivity contribution in [3.05, 3.63) is 23.8 Å². The number of benzene rings is 1. The average molecular weight is 313 g/mol. The van der Waals surface area contributed by atoms with Crippen LogP contribution in [0, 0.1) is 0 Å². The summed E-state index contributed by atoms with van der Waals surface area (Å²) in [7, 11) is -3.03. The number of hydrogen-bond acceptors (Lipinski definition) is 4. The van der Waals surface area contributed by atoms with Crippen LogP contribution < -0.4 is 9.46 Å². The van der Waals surface area contributed by atoms with Gasteiger partial charge in [-0.25, -0.2) is 13.1 Å². The highest BCUT2D eigenvalue weighted by Crippen LogP contribution is 2.33. The van der Waals surface area contributed by atoms with E-state index in [4.69, 9.17) is 5.11 Å². The van der Waals surface area contributed by atoms with Gasteiger partial charge in [0.25, 0.3) is 0 Å². The smallest absolute Gasteiger partial charge is 0.416 e. The summed E-state index contributed by atoms with van der Waals surface area (Å²) in [6.07, 6.45) is -5.65. The van der Waals surface area contributed by atoms with Gasteiger partial charge < -0.3 is 9.84 Å². The Morgan fingerprint density at radius 3 is 2.40 bits per heavy atom. The summed E-state index contributed by atoms with van der Waals surface area (Å²) in [6.45, 7) is 1.04. The third-order valence-electron chi connectivity index (χ3n) is 2.32. The molecule has 5 nitrogen and oxygen atoms in total. The summed E-state index contributed by atoms with van der Waals surface area (Å²) in [5.74, 6) is -0.225. The summed E-state index contributed by atoms with van der Waals surface area (Å²) in [5.41, 5.74) is -1.13. The molecule has 0 saturated carbocycles. The second-order valence-corrected chi connectivity index (χ2v) is 5.86. The van der Waals surface area contributed by atoms with Crippen molar-refractivity contribution in [2.75, 3.05) is 13.7 Å². The molecule has 1 rings (SSSR count). The summed E-state index contributed by atoms with van der Waals surface area (Å²) < 4.78 is 68.4. The van der Waals surface area contributed by atoms with Crippen molar-refractivity contribution < 1.29 is 31.4 Å². The summed E-state index contributed by atoms with van der Waals surface area (Å²) >= 11 is 0. The third kappa shape index (κ3) is 4.36. The van der Waals surface area contributed by atoms with Gasteiger partial charge >= 0.3 is 6.18 Å². The molecule has 0 aliphatic carbocycles. The number of methoxy groups -OCH3 is 1. The molecule has 0 saturated heterocycles. The molecule has 0 aliphatic rings. The van der Waals surface area contributed by atoms with Gasteiger partial charge in [0.15, 0.2) is 0 Å². The lowest BCUT2D eigenvalue weighted by Crippen LogP contribution is -2.30. The zero-order chi connectivity index (χ0) is 15.6. The van der Waals surface area contributed by atoms with Gasteiger partial charge in [-0.15, -0.1) is 0 Å². The number of rotatable bonds is 5. The molecule has 2 N–H and O–H groups in total. The van der Waals surface area contributed by atoms with E-state index in [1.54, 1.807) is 0 Å². The first kappa shape index (κ1) is 16.7. The van der Waals surface area contributed by atoms with E-state index in [0.717, 1.165) is 13.2 Å².